The monoisotopic (exact) mass is 115 g/mol. The average Bonchev–Trinajstić information content (AvgIpc) is 1.64. The van der Waals surface area contributed by atoms with Crippen LogP contribution in [0.1, 0.15) is 19.3 Å². The predicted molar refractivity (Wildman–Crippen MR) is 29.2 cm³/mol. The number of nitrogens with two attached hydrogens (primary N) is 1. The molecule has 0 aromatic rings. The van der Waals surface area contributed by atoms with Crippen LogP contribution in [0.2, 0.25) is 0 Å². The second kappa shape index (κ2) is 1.08. The first kappa shape index (κ1) is 4.74. The van der Waals surface area contributed by atoms with Crippen molar-refractivity contribution >= 4 is 0 Å². The first-order valence-corrected chi connectivity index (χ1v) is 3.17. The fourth-order valence-corrected chi connectivity index (χ4v) is 1.85. The van der Waals surface area contributed by atoms with Crippen LogP contribution in [0, 0.1) is 5.92 Å². The maximum absolute atomic E-state index is 12.9. The van der Waals surface area contributed by atoms with Gasteiger partial charge in [0.25, 0.3) is 0 Å². The Hall–Kier alpha value is -0.110. The highest BCUT2D eigenvalue weighted by molar-refractivity contribution is 5.12. The van der Waals surface area contributed by atoms with Crippen molar-refractivity contribution in [2.24, 2.45) is 11.7 Å². The molecule has 0 radical (unpaired) electrons. The molecular formula is C6H10FN. The summed E-state index contributed by atoms with van der Waals surface area (Å²) in [6.07, 6.45) is 2.42. The topological polar surface area (TPSA) is 26.0 Å². The van der Waals surface area contributed by atoms with Crippen molar-refractivity contribution in [1.29, 1.82) is 0 Å². The lowest BCUT2D eigenvalue weighted by atomic mass is 9.54. The Labute approximate surface area is 48.1 Å². The molecule has 1 nitrogen and oxygen atoms in total. The van der Waals surface area contributed by atoms with Crippen LogP contribution < -0.4 is 5.73 Å². The number of halogens is 1. The highest BCUT2D eigenvalue weighted by atomic mass is 19.1. The lowest BCUT2D eigenvalue weighted by Crippen LogP contribution is -2.64. The Morgan fingerprint density at radius 3 is 2.38 bits per heavy atom. The first-order valence-electron chi connectivity index (χ1n) is 3.17. The standard InChI is InChI=1S/C6H10FN/c7-6-2-1-4(6)5(8)3-6/h4-5H,1-3,8H2. The summed E-state index contributed by atoms with van der Waals surface area (Å²) in [7, 11) is 0. The van der Waals surface area contributed by atoms with Crippen molar-refractivity contribution in [2.75, 3.05) is 0 Å². The van der Waals surface area contributed by atoms with E-state index in [1.54, 1.807) is 0 Å². The highest BCUT2D eigenvalue weighted by Crippen LogP contribution is 2.55. The Morgan fingerprint density at radius 1 is 1.62 bits per heavy atom. The molecular weight excluding hydrogens is 105 g/mol. The third kappa shape index (κ3) is 0.323. The number of fused-ring (bicyclic) bond motifs is 1. The van der Waals surface area contributed by atoms with Gasteiger partial charge in [-0.1, -0.05) is 0 Å². The van der Waals surface area contributed by atoms with Gasteiger partial charge in [0, 0.05) is 12.0 Å². The normalized spacial score (nSPS) is 60.8. The van der Waals surface area contributed by atoms with E-state index < -0.39 is 5.67 Å². The van der Waals surface area contributed by atoms with E-state index in [-0.39, 0.29) is 12.0 Å². The molecule has 2 N–H and O–H groups in total. The molecule has 8 heavy (non-hydrogen) atoms. The van der Waals surface area contributed by atoms with Gasteiger partial charge in [-0.25, -0.2) is 4.39 Å². The van der Waals surface area contributed by atoms with Crippen LogP contribution in [0.5, 0.6) is 0 Å². The average molecular weight is 115 g/mol. The van der Waals surface area contributed by atoms with E-state index >= 15 is 0 Å². The van der Waals surface area contributed by atoms with E-state index in [0.717, 1.165) is 12.8 Å². The van der Waals surface area contributed by atoms with Gasteiger partial charge in [-0.3, -0.25) is 0 Å². The van der Waals surface area contributed by atoms with Gasteiger partial charge in [0.2, 0.25) is 0 Å². The van der Waals surface area contributed by atoms with Crippen molar-refractivity contribution in [3.63, 3.8) is 0 Å². The zero-order valence-electron chi connectivity index (χ0n) is 4.73. The van der Waals surface area contributed by atoms with Gasteiger partial charge < -0.3 is 5.73 Å². The Morgan fingerprint density at radius 2 is 2.38 bits per heavy atom. The fourth-order valence-electron chi connectivity index (χ4n) is 1.85. The first-order chi connectivity index (χ1) is 3.72. The molecule has 0 spiro atoms. The van der Waals surface area contributed by atoms with Crippen LogP contribution in [0.4, 0.5) is 4.39 Å². The summed E-state index contributed by atoms with van der Waals surface area (Å²) in [4.78, 5) is 0. The minimum absolute atomic E-state index is 0.189. The molecule has 46 valence electrons. The second-order valence-electron chi connectivity index (χ2n) is 3.05. The van der Waals surface area contributed by atoms with E-state index in [4.69, 9.17) is 5.73 Å². The van der Waals surface area contributed by atoms with E-state index in [2.05, 4.69) is 0 Å². The molecule has 0 aromatic carbocycles. The van der Waals surface area contributed by atoms with Crippen molar-refractivity contribution in [3.8, 4) is 0 Å². The molecule has 3 atom stereocenters. The fraction of sp³-hybridized carbons (Fsp3) is 1.00. The number of alkyl halides is 1. The SMILES string of the molecule is NC1CC2(F)CCC12. The number of hydrogen-bond donors (Lipinski definition) is 1. The Bertz CT molecular complexity index is 126. The lowest BCUT2D eigenvalue weighted by Gasteiger charge is -2.56. The lowest BCUT2D eigenvalue weighted by molar-refractivity contribution is -0.118. The molecule has 2 saturated carbocycles. The molecule has 0 amide bonds. The minimum Gasteiger partial charge on any atom is -0.327 e. The molecule has 0 heterocycles. The zero-order chi connectivity index (χ0) is 5.78. The van der Waals surface area contributed by atoms with Gasteiger partial charge in [0.1, 0.15) is 5.67 Å². The molecule has 0 aliphatic heterocycles. The van der Waals surface area contributed by atoms with Crippen molar-refractivity contribution in [2.45, 2.75) is 31.0 Å². The van der Waals surface area contributed by atoms with Crippen LogP contribution in [0.3, 0.4) is 0 Å². The number of rotatable bonds is 0. The van der Waals surface area contributed by atoms with Crippen LogP contribution >= 0.6 is 0 Å². The van der Waals surface area contributed by atoms with Gasteiger partial charge in [-0.15, -0.1) is 0 Å². The van der Waals surface area contributed by atoms with Gasteiger partial charge >= 0.3 is 0 Å². The molecule has 2 aliphatic rings. The zero-order valence-corrected chi connectivity index (χ0v) is 4.73. The molecule has 2 fully saturated rings. The third-order valence-corrected chi connectivity index (χ3v) is 2.63. The van der Waals surface area contributed by atoms with Gasteiger partial charge in [-0.2, -0.15) is 0 Å². The third-order valence-electron chi connectivity index (χ3n) is 2.63. The summed E-state index contributed by atoms with van der Waals surface area (Å²) >= 11 is 0. The Balaban J connectivity index is 2.08. The van der Waals surface area contributed by atoms with Gasteiger partial charge in [0.15, 0.2) is 0 Å². The maximum Gasteiger partial charge on any atom is 0.116 e. The maximum atomic E-state index is 12.9. The molecule has 0 bridgehead atoms. The smallest absolute Gasteiger partial charge is 0.116 e. The summed E-state index contributed by atoms with van der Waals surface area (Å²) in [5, 5.41) is 0. The van der Waals surface area contributed by atoms with Crippen LogP contribution in [-0.2, 0) is 0 Å². The molecule has 3 unspecified atom stereocenters. The molecule has 2 rings (SSSR count). The summed E-state index contributed by atoms with van der Waals surface area (Å²) in [6.45, 7) is 0. The molecule has 2 heteroatoms. The van der Waals surface area contributed by atoms with E-state index in [9.17, 15) is 4.39 Å². The molecule has 0 aromatic heterocycles. The van der Waals surface area contributed by atoms with Crippen molar-refractivity contribution in [1.82, 2.24) is 0 Å². The van der Waals surface area contributed by atoms with Gasteiger partial charge in [0.05, 0.1) is 0 Å². The number of hydrogen-bond acceptors (Lipinski definition) is 1. The largest absolute Gasteiger partial charge is 0.327 e. The van der Waals surface area contributed by atoms with Crippen LogP contribution in [0.15, 0.2) is 0 Å². The van der Waals surface area contributed by atoms with Crippen LogP contribution in [0.25, 0.3) is 0 Å². The minimum atomic E-state index is -0.792. The highest BCUT2D eigenvalue weighted by Gasteiger charge is 2.59. The van der Waals surface area contributed by atoms with E-state index in [1.807, 2.05) is 0 Å². The molecule has 0 saturated heterocycles. The summed E-state index contributed by atoms with van der Waals surface area (Å²) in [5.74, 6) is 0.238. The summed E-state index contributed by atoms with van der Waals surface area (Å²) < 4.78 is 12.9. The van der Waals surface area contributed by atoms with Crippen LogP contribution in [-0.4, -0.2) is 11.7 Å². The predicted octanol–water partition coefficient (Wildman–Crippen LogP) is 0.836. The second-order valence-corrected chi connectivity index (χ2v) is 3.05. The van der Waals surface area contributed by atoms with E-state index in [0.29, 0.717) is 6.42 Å². The summed E-state index contributed by atoms with van der Waals surface area (Å²) in [6, 6.07) is 0.189. The van der Waals surface area contributed by atoms with Gasteiger partial charge in [-0.05, 0) is 19.3 Å². The Kier molecular flexibility index (Phi) is 0.639. The van der Waals surface area contributed by atoms with E-state index in [1.165, 1.54) is 0 Å². The molecule has 2 aliphatic carbocycles. The van der Waals surface area contributed by atoms with Crippen molar-refractivity contribution < 1.29 is 4.39 Å². The summed E-state index contributed by atoms with van der Waals surface area (Å²) in [5.41, 5.74) is 4.72. The van der Waals surface area contributed by atoms with Crippen molar-refractivity contribution in [3.05, 3.63) is 0 Å². The quantitative estimate of drug-likeness (QED) is 0.497.